The molecule has 25 heavy (non-hydrogen) atoms. The zero-order valence-corrected chi connectivity index (χ0v) is 13.6. The zero-order valence-electron chi connectivity index (χ0n) is 13.6. The van der Waals surface area contributed by atoms with Gasteiger partial charge in [-0.3, -0.25) is 24.5 Å². The molecule has 0 radical (unpaired) electrons. The second kappa shape index (κ2) is 8.06. The minimum absolute atomic E-state index is 0.0868. The Morgan fingerprint density at radius 2 is 1.24 bits per heavy atom. The quantitative estimate of drug-likeness (QED) is 0.620. The van der Waals surface area contributed by atoms with Crippen molar-refractivity contribution in [1.29, 1.82) is 0 Å². The monoisotopic (exact) mass is 331 g/mol. The van der Waals surface area contributed by atoms with Crippen molar-refractivity contribution in [3.05, 3.63) is 90.3 Å². The van der Waals surface area contributed by atoms with Crippen molar-refractivity contribution >= 4 is 11.6 Å². The van der Waals surface area contributed by atoms with Crippen molar-refractivity contribution < 1.29 is 9.59 Å². The molecule has 5 nitrogen and oxygen atoms in total. The molecule has 0 bridgehead atoms. The van der Waals surface area contributed by atoms with E-state index in [-0.39, 0.29) is 30.3 Å². The summed E-state index contributed by atoms with van der Waals surface area (Å²) in [4.78, 5) is 37.3. The summed E-state index contributed by atoms with van der Waals surface area (Å²) >= 11 is 0. The highest BCUT2D eigenvalue weighted by molar-refractivity contribution is 5.97. The first kappa shape index (κ1) is 16.6. The van der Waals surface area contributed by atoms with Crippen LogP contribution >= 0.6 is 0 Å². The third-order valence-electron chi connectivity index (χ3n) is 3.94. The molecule has 0 aliphatic heterocycles. The van der Waals surface area contributed by atoms with Crippen LogP contribution in [0.3, 0.4) is 0 Å². The molecular formula is C20H17N3O2. The van der Waals surface area contributed by atoms with Crippen LogP contribution < -0.4 is 0 Å². The molecule has 0 saturated heterocycles. The minimum atomic E-state index is -0.244. The summed E-state index contributed by atoms with van der Waals surface area (Å²) in [6, 6.07) is 14.1. The number of rotatable bonds is 7. The fraction of sp³-hybridized carbons (Fsp3) is 0.150. The van der Waals surface area contributed by atoms with Gasteiger partial charge in [-0.05, 0) is 47.9 Å². The van der Waals surface area contributed by atoms with Crippen molar-refractivity contribution in [1.82, 2.24) is 15.0 Å². The molecule has 0 aliphatic carbocycles. The van der Waals surface area contributed by atoms with E-state index in [4.69, 9.17) is 0 Å². The van der Waals surface area contributed by atoms with Gasteiger partial charge in [-0.2, -0.15) is 0 Å². The first-order chi connectivity index (χ1) is 12.2. The topological polar surface area (TPSA) is 72.8 Å². The number of ketones is 2. The second-order valence-electron chi connectivity index (χ2n) is 5.66. The lowest BCUT2D eigenvalue weighted by molar-refractivity contribution is 0.0939. The van der Waals surface area contributed by atoms with E-state index in [0.717, 1.165) is 5.56 Å². The summed E-state index contributed by atoms with van der Waals surface area (Å²) in [5.74, 6) is -0.417. The van der Waals surface area contributed by atoms with Crippen molar-refractivity contribution in [3.63, 3.8) is 0 Å². The highest BCUT2D eigenvalue weighted by atomic mass is 16.1. The van der Waals surface area contributed by atoms with Crippen molar-refractivity contribution in [2.24, 2.45) is 0 Å². The maximum atomic E-state index is 12.5. The summed E-state index contributed by atoms with van der Waals surface area (Å²) in [7, 11) is 0. The van der Waals surface area contributed by atoms with Gasteiger partial charge in [0.2, 0.25) is 0 Å². The van der Waals surface area contributed by atoms with Gasteiger partial charge in [-0.1, -0.05) is 12.1 Å². The van der Waals surface area contributed by atoms with E-state index in [2.05, 4.69) is 15.0 Å². The number of aromatic nitrogens is 3. The number of nitrogens with zero attached hydrogens (tertiary/aromatic N) is 3. The van der Waals surface area contributed by atoms with E-state index >= 15 is 0 Å². The van der Waals surface area contributed by atoms with Crippen LogP contribution in [0.15, 0.2) is 73.3 Å². The average molecular weight is 331 g/mol. The number of hydrogen-bond donors (Lipinski definition) is 0. The van der Waals surface area contributed by atoms with E-state index in [0.29, 0.717) is 11.4 Å². The molecule has 0 aliphatic rings. The van der Waals surface area contributed by atoms with Gasteiger partial charge in [0.05, 0.1) is 0 Å². The predicted octanol–water partition coefficient (Wildman–Crippen LogP) is 3.50. The van der Waals surface area contributed by atoms with E-state index in [1.807, 2.05) is 12.1 Å². The third kappa shape index (κ3) is 4.41. The van der Waals surface area contributed by atoms with E-state index < -0.39 is 0 Å². The molecule has 0 N–H and O–H groups in total. The smallest absolute Gasteiger partial charge is 0.181 e. The van der Waals surface area contributed by atoms with Crippen LogP contribution in [-0.2, 0) is 0 Å². The molecule has 0 fully saturated rings. The summed E-state index contributed by atoms with van der Waals surface area (Å²) in [5.41, 5.74) is 1.72. The molecule has 5 heteroatoms. The Bertz CT molecular complexity index is 783. The van der Waals surface area contributed by atoms with Gasteiger partial charge in [0.1, 0.15) is 11.4 Å². The molecule has 3 heterocycles. The van der Waals surface area contributed by atoms with E-state index in [1.54, 1.807) is 61.2 Å². The Labute approximate surface area is 145 Å². The molecule has 0 atom stereocenters. The molecule has 3 aromatic heterocycles. The SMILES string of the molecule is O=C(CC(CC(=O)c1ccccn1)c1ccncc1)c1ccccn1. The van der Waals surface area contributed by atoms with Crippen LogP contribution in [-0.4, -0.2) is 26.5 Å². The Balaban J connectivity index is 1.81. The Morgan fingerprint density at radius 1 is 0.720 bits per heavy atom. The summed E-state index contributed by atoms with van der Waals surface area (Å²) in [5, 5.41) is 0. The number of hydrogen-bond acceptors (Lipinski definition) is 5. The standard InChI is InChI=1S/C20H17N3O2/c24-19(17-5-1-3-9-22-17)13-16(15-7-11-21-12-8-15)14-20(25)18-6-2-4-10-23-18/h1-12,16H,13-14H2. The van der Waals surface area contributed by atoms with Crippen molar-refractivity contribution in [2.45, 2.75) is 18.8 Å². The van der Waals surface area contributed by atoms with Crippen molar-refractivity contribution in [3.8, 4) is 0 Å². The van der Waals surface area contributed by atoms with Gasteiger partial charge < -0.3 is 0 Å². The molecule has 0 saturated carbocycles. The number of pyridine rings is 3. The molecule has 3 rings (SSSR count). The van der Waals surface area contributed by atoms with Gasteiger partial charge in [0, 0.05) is 37.6 Å². The lowest BCUT2D eigenvalue weighted by atomic mass is 9.88. The van der Waals surface area contributed by atoms with Gasteiger partial charge in [-0.15, -0.1) is 0 Å². The molecule has 0 aromatic carbocycles. The summed E-state index contributed by atoms with van der Waals surface area (Å²) in [6.07, 6.45) is 6.93. The lowest BCUT2D eigenvalue weighted by Gasteiger charge is -2.15. The molecule has 0 spiro atoms. The number of Topliss-reactive ketones (excluding diaryl/α,β-unsaturated/α-hetero) is 2. The first-order valence-corrected chi connectivity index (χ1v) is 8.02. The average Bonchev–Trinajstić information content (AvgIpc) is 2.69. The minimum Gasteiger partial charge on any atom is -0.292 e. The van der Waals surface area contributed by atoms with Gasteiger partial charge in [0.25, 0.3) is 0 Å². The number of carbonyl (C=O) groups is 2. The van der Waals surface area contributed by atoms with Gasteiger partial charge in [0.15, 0.2) is 11.6 Å². The van der Waals surface area contributed by atoms with Gasteiger partial charge >= 0.3 is 0 Å². The Kier molecular flexibility index (Phi) is 5.36. The molecule has 124 valence electrons. The second-order valence-corrected chi connectivity index (χ2v) is 5.66. The largest absolute Gasteiger partial charge is 0.292 e. The maximum Gasteiger partial charge on any atom is 0.181 e. The van der Waals surface area contributed by atoms with Crippen LogP contribution in [0.25, 0.3) is 0 Å². The van der Waals surface area contributed by atoms with Crippen LogP contribution in [0.5, 0.6) is 0 Å². The fourth-order valence-electron chi connectivity index (χ4n) is 2.66. The highest BCUT2D eigenvalue weighted by Gasteiger charge is 2.22. The Morgan fingerprint density at radius 3 is 1.68 bits per heavy atom. The number of carbonyl (C=O) groups excluding carboxylic acids is 2. The zero-order chi connectivity index (χ0) is 17.5. The maximum absolute atomic E-state index is 12.5. The predicted molar refractivity (Wildman–Crippen MR) is 93.3 cm³/mol. The molecule has 0 unspecified atom stereocenters. The van der Waals surface area contributed by atoms with Crippen LogP contribution in [0, 0.1) is 0 Å². The van der Waals surface area contributed by atoms with Crippen LogP contribution in [0.1, 0.15) is 45.3 Å². The summed E-state index contributed by atoms with van der Waals surface area (Å²) < 4.78 is 0. The van der Waals surface area contributed by atoms with E-state index in [1.165, 1.54) is 0 Å². The third-order valence-corrected chi connectivity index (χ3v) is 3.94. The van der Waals surface area contributed by atoms with E-state index in [9.17, 15) is 9.59 Å². The van der Waals surface area contributed by atoms with Gasteiger partial charge in [-0.25, -0.2) is 0 Å². The first-order valence-electron chi connectivity index (χ1n) is 8.02. The van der Waals surface area contributed by atoms with Crippen LogP contribution in [0.2, 0.25) is 0 Å². The fourth-order valence-corrected chi connectivity index (χ4v) is 2.66. The lowest BCUT2D eigenvalue weighted by Crippen LogP contribution is -2.14. The summed E-state index contributed by atoms with van der Waals surface area (Å²) in [6.45, 7) is 0. The molecule has 3 aromatic rings. The van der Waals surface area contributed by atoms with Crippen molar-refractivity contribution in [2.75, 3.05) is 0 Å². The normalized spacial score (nSPS) is 10.6. The highest BCUT2D eigenvalue weighted by Crippen LogP contribution is 2.26. The Hall–Kier alpha value is -3.21. The van der Waals surface area contributed by atoms with Crippen LogP contribution in [0.4, 0.5) is 0 Å². The molecular weight excluding hydrogens is 314 g/mol. The molecule has 0 amide bonds.